The lowest BCUT2D eigenvalue weighted by Crippen LogP contribution is -2.34. The van der Waals surface area contributed by atoms with Crippen molar-refractivity contribution in [3.63, 3.8) is 0 Å². The summed E-state index contributed by atoms with van der Waals surface area (Å²) in [6.45, 7) is 1.53. The lowest BCUT2D eigenvalue weighted by molar-refractivity contribution is -0.129. The Balaban J connectivity index is 2.52. The lowest BCUT2D eigenvalue weighted by atomic mass is 10.1. The van der Waals surface area contributed by atoms with Crippen LogP contribution in [0, 0.1) is 0 Å². The molecule has 0 fully saturated rings. The van der Waals surface area contributed by atoms with Gasteiger partial charge in [-0.05, 0) is 20.2 Å². The van der Waals surface area contributed by atoms with Crippen LogP contribution in [-0.4, -0.2) is 55.0 Å². The first-order chi connectivity index (χ1) is 8.00. The minimum Gasteiger partial charge on any atom is -0.508 e. The maximum Gasteiger partial charge on any atom is 0.226 e. The maximum absolute atomic E-state index is 11.9. The number of carbonyl (C=O) groups excluding carboxylic acids is 1. The molecular formula is C13H20N2O2. The lowest BCUT2D eigenvalue weighted by Gasteiger charge is -2.19. The molecule has 1 N–H and O–H groups in total. The second kappa shape index (κ2) is 6.25. The first-order valence-corrected chi connectivity index (χ1v) is 5.66. The topological polar surface area (TPSA) is 43.8 Å². The molecule has 0 saturated carbocycles. The molecule has 1 aromatic rings. The van der Waals surface area contributed by atoms with Gasteiger partial charge in [0.15, 0.2) is 0 Å². The van der Waals surface area contributed by atoms with Crippen molar-refractivity contribution in [1.29, 1.82) is 0 Å². The average molecular weight is 236 g/mol. The van der Waals surface area contributed by atoms with Crippen molar-refractivity contribution in [1.82, 2.24) is 9.80 Å². The largest absolute Gasteiger partial charge is 0.508 e. The minimum atomic E-state index is 0.0216. The smallest absolute Gasteiger partial charge is 0.226 e. The molecule has 1 aromatic carbocycles. The number of phenolic OH excluding ortho intramolecular Hbond substituents is 1. The van der Waals surface area contributed by atoms with E-state index in [1.165, 1.54) is 0 Å². The highest BCUT2D eigenvalue weighted by Crippen LogP contribution is 2.16. The second-order valence-corrected chi connectivity index (χ2v) is 4.42. The molecule has 1 amide bonds. The molecule has 4 heteroatoms. The molecule has 0 aliphatic heterocycles. The zero-order valence-electron chi connectivity index (χ0n) is 10.7. The van der Waals surface area contributed by atoms with E-state index >= 15 is 0 Å². The number of phenols is 1. The summed E-state index contributed by atoms with van der Waals surface area (Å²) in [5.74, 6) is 0.204. The summed E-state index contributed by atoms with van der Waals surface area (Å²) in [5.41, 5.74) is 0.675. The van der Waals surface area contributed by atoms with Gasteiger partial charge in [0.05, 0.1) is 6.42 Å². The van der Waals surface area contributed by atoms with Crippen LogP contribution in [0.4, 0.5) is 0 Å². The van der Waals surface area contributed by atoms with Crippen LogP contribution in [0.3, 0.4) is 0 Å². The van der Waals surface area contributed by atoms with E-state index in [1.54, 1.807) is 30.1 Å². The van der Waals surface area contributed by atoms with Gasteiger partial charge in [-0.15, -0.1) is 0 Å². The van der Waals surface area contributed by atoms with Gasteiger partial charge in [-0.25, -0.2) is 0 Å². The highest BCUT2D eigenvalue weighted by Gasteiger charge is 2.11. The predicted octanol–water partition coefficient (Wildman–Crippen LogP) is 0.955. The third kappa shape index (κ3) is 4.44. The third-order valence-corrected chi connectivity index (χ3v) is 2.64. The SMILES string of the molecule is CN(C)CCN(C)C(=O)Cc1ccccc1O. The number of nitrogens with zero attached hydrogens (tertiary/aromatic N) is 2. The fourth-order valence-electron chi connectivity index (χ4n) is 1.43. The van der Waals surface area contributed by atoms with Gasteiger partial charge in [0, 0.05) is 25.7 Å². The molecule has 17 heavy (non-hydrogen) atoms. The van der Waals surface area contributed by atoms with Crippen LogP contribution in [0.2, 0.25) is 0 Å². The van der Waals surface area contributed by atoms with Gasteiger partial charge in [0.2, 0.25) is 5.91 Å². The monoisotopic (exact) mass is 236 g/mol. The summed E-state index contributed by atoms with van der Waals surface area (Å²) in [7, 11) is 5.73. The van der Waals surface area contributed by atoms with Crippen LogP contribution in [-0.2, 0) is 11.2 Å². The Morgan fingerprint density at radius 1 is 1.18 bits per heavy atom. The quantitative estimate of drug-likeness (QED) is 0.828. The third-order valence-electron chi connectivity index (χ3n) is 2.64. The zero-order chi connectivity index (χ0) is 12.8. The number of hydrogen-bond acceptors (Lipinski definition) is 3. The van der Waals surface area contributed by atoms with Gasteiger partial charge >= 0.3 is 0 Å². The predicted molar refractivity (Wildman–Crippen MR) is 68.0 cm³/mol. The molecule has 0 saturated heterocycles. The van der Waals surface area contributed by atoms with E-state index in [0.717, 1.165) is 6.54 Å². The van der Waals surface area contributed by atoms with E-state index in [-0.39, 0.29) is 18.1 Å². The molecule has 0 unspecified atom stereocenters. The fourth-order valence-corrected chi connectivity index (χ4v) is 1.43. The number of para-hydroxylation sites is 1. The normalized spacial score (nSPS) is 10.6. The zero-order valence-corrected chi connectivity index (χ0v) is 10.7. The Bertz CT molecular complexity index is 377. The summed E-state index contributed by atoms with van der Waals surface area (Å²) >= 11 is 0. The Hall–Kier alpha value is -1.55. The number of likely N-dealkylation sites (N-methyl/N-ethyl adjacent to an activating group) is 2. The molecule has 0 radical (unpaired) electrons. The van der Waals surface area contributed by atoms with Crippen LogP contribution in [0.15, 0.2) is 24.3 Å². The van der Waals surface area contributed by atoms with E-state index in [4.69, 9.17) is 0 Å². The molecule has 0 bridgehead atoms. The summed E-state index contributed by atoms with van der Waals surface area (Å²) in [6.07, 6.45) is 0.247. The molecule has 0 atom stereocenters. The fraction of sp³-hybridized carbons (Fsp3) is 0.462. The molecular weight excluding hydrogens is 216 g/mol. The van der Waals surface area contributed by atoms with E-state index in [2.05, 4.69) is 0 Å². The van der Waals surface area contributed by atoms with Crippen molar-refractivity contribution >= 4 is 5.91 Å². The van der Waals surface area contributed by atoms with E-state index in [1.807, 2.05) is 25.1 Å². The van der Waals surface area contributed by atoms with Crippen LogP contribution in [0.1, 0.15) is 5.56 Å². The van der Waals surface area contributed by atoms with Gasteiger partial charge in [-0.2, -0.15) is 0 Å². The number of amides is 1. The van der Waals surface area contributed by atoms with Gasteiger partial charge < -0.3 is 14.9 Å². The number of carbonyl (C=O) groups is 1. The first kappa shape index (κ1) is 13.5. The number of rotatable bonds is 5. The number of aromatic hydroxyl groups is 1. The highest BCUT2D eigenvalue weighted by atomic mass is 16.3. The van der Waals surface area contributed by atoms with Crippen molar-refractivity contribution < 1.29 is 9.90 Å². The van der Waals surface area contributed by atoms with Crippen LogP contribution < -0.4 is 0 Å². The van der Waals surface area contributed by atoms with Gasteiger partial charge in [-0.3, -0.25) is 4.79 Å². The second-order valence-electron chi connectivity index (χ2n) is 4.42. The van der Waals surface area contributed by atoms with E-state index in [0.29, 0.717) is 12.1 Å². The van der Waals surface area contributed by atoms with Crippen molar-refractivity contribution in [2.24, 2.45) is 0 Å². The van der Waals surface area contributed by atoms with Gasteiger partial charge in [-0.1, -0.05) is 18.2 Å². The molecule has 94 valence electrons. The Kier molecular flexibility index (Phi) is 4.97. The van der Waals surface area contributed by atoms with Crippen molar-refractivity contribution in [2.45, 2.75) is 6.42 Å². The van der Waals surface area contributed by atoms with Crippen LogP contribution in [0.25, 0.3) is 0 Å². The molecule has 4 nitrogen and oxygen atoms in total. The summed E-state index contributed by atoms with van der Waals surface area (Å²) in [5, 5.41) is 9.58. The van der Waals surface area contributed by atoms with Crippen molar-refractivity contribution in [3.8, 4) is 5.75 Å². The minimum absolute atomic E-state index is 0.0216. The Morgan fingerprint density at radius 2 is 1.82 bits per heavy atom. The van der Waals surface area contributed by atoms with E-state index < -0.39 is 0 Å². The summed E-state index contributed by atoms with van der Waals surface area (Å²) < 4.78 is 0. The van der Waals surface area contributed by atoms with Crippen LogP contribution >= 0.6 is 0 Å². The average Bonchev–Trinajstić information content (AvgIpc) is 2.28. The summed E-state index contributed by atoms with van der Waals surface area (Å²) in [6, 6.07) is 6.94. The van der Waals surface area contributed by atoms with Crippen molar-refractivity contribution in [3.05, 3.63) is 29.8 Å². The highest BCUT2D eigenvalue weighted by molar-refractivity contribution is 5.79. The van der Waals surface area contributed by atoms with E-state index in [9.17, 15) is 9.90 Å². The Labute approximate surface area is 102 Å². The van der Waals surface area contributed by atoms with Gasteiger partial charge in [0.25, 0.3) is 0 Å². The number of hydrogen-bond donors (Lipinski definition) is 1. The molecule has 0 aliphatic rings. The van der Waals surface area contributed by atoms with Gasteiger partial charge in [0.1, 0.15) is 5.75 Å². The number of benzene rings is 1. The van der Waals surface area contributed by atoms with Crippen LogP contribution in [0.5, 0.6) is 5.75 Å². The van der Waals surface area contributed by atoms with Crippen molar-refractivity contribution in [2.75, 3.05) is 34.2 Å². The maximum atomic E-state index is 11.9. The standard InChI is InChI=1S/C13H20N2O2/c1-14(2)8-9-15(3)13(17)10-11-6-4-5-7-12(11)16/h4-7,16H,8-10H2,1-3H3. The molecule has 0 aromatic heterocycles. The molecule has 0 heterocycles. The molecule has 0 spiro atoms. The summed E-state index contributed by atoms with van der Waals surface area (Å²) in [4.78, 5) is 15.6. The Morgan fingerprint density at radius 3 is 2.41 bits per heavy atom. The molecule has 1 rings (SSSR count). The first-order valence-electron chi connectivity index (χ1n) is 5.66. The molecule has 0 aliphatic carbocycles.